The Balaban J connectivity index is 1.72. The van der Waals surface area contributed by atoms with Crippen LogP contribution in [-0.2, 0) is 22.4 Å². The van der Waals surface area contributed by atoms with Gasteiger partial charge >= 0.3 is 5.97 Å². The molecule has 1 aromatic rings. The molecule has 5 nitrogen and oxygen atoms in total. The number of rotatable bonds is 6. The molecule has 0 saturated carbocycles. The lowest BCUT2D eigenvalue weighted by Crippen LogP contribution is -2.11. The van der Waals surface area contributed by atoms with E-state index in [2.05, 4.69) is 10.3 Å². The molecule has 2 rings (SSSR count). The standard InChI is InChI=1S/C12H16N2O3S/c15-10(6-1-2-7-11(16)17)14-12-13-8-4-3-5-9(8)18-12/h1-7H2,(H,16,17)(H,13,14,15). The van der Waals surface area contributed by atoms with Gasteiger partial charge in [-0.15, -0.1) is 11.3 Å². The Morgan fingerprint density at radius 2 is 2.06 bits per heavy atom. The molecule has 0 saturated heterocycles. The minimum Gasteiger partial charge on any atom is -0.481 e. The molecule has 18 heavy (non-hydrogen) atoms. The molecule has 0 unspecified atom stereocenters. The fourth-order valence-electron chi connectivity index (χ4n) is 1.99. The average molecular weight is 268 g/mol. The van der Waals surface area contributed by atoms with Crippen molar-refractivity contribution in [3.63, 3.8) is 0 Å². The van der Waals surface area contributed by atoms with E-state index in [-0.39, 0.29) is 12.3 Å². The van der Waals surface area contributed by atoms with Gasteiger partial charge in [0.1, 0.15) is 0 Å². The van der Waals surface area contributed by atoms with Crippen molar-refractivity contribution in [3.8, 4) is 0 Å². The van der Waals surface area contributed by atoms with Crippen molar-refractivity contribution in [3.05, 3.63) is 10.6 Å². The summed E-state index contributed by atoms with van der Waals surface area (Å²) in [5.41, 5.74) is 1.13. The highest BCUT2D eigenvalue weighted by atomic mass is 32.1. The van der Waals surface area contributed by atoms with Gasteiger partial charge < -0.3 is 10.4 Å². The van der Waals surface area contributed by atoms with Gasteiger partial charge in [-0.25, -0.2) is 4.98 Å². The van der Waals surface area contributed by atoms with Gasteiger partial charge in [0.05, 0.1) is 5.69 Å². The normalized spacial score (nSPS) is 13.3. The minimum atomic E-state index is -0.813. The summed E-state index contributed by atoms with van der Waals surface area (Å²) >= 11 is 1.56. The molecule has 0 atom stereocenters. The number of thiazole rings is 1. The summed E-state index contributed by atoms with van der Waals surface area (Å²) in [7, 11) is 0. The lowest BCUT2D eigenvalue weighted by Gasteiger charge is -2.01. The lowest BCUT2D eigenvalue weighted by atomic mass is 10.2. The van der Waals surface area contributed by atoms with E-state index in [1.54, 1.807) is 11.3 Å². The molecule has 0 bridgehead atoms. The van der Waals surface area contributed by atoms with Gasteiger partial charge in [-0.05, 0) is 32.1 Å². The molecular weight excluding hydrogens is 252 g/mol. The van der Waals surface area contributed by atoms with E-state index in [4.69, 9.17) is 5.11 Å². The molecule has 1 heterocycles. The zero-order chi connectivity index (χ0) is 13.0. The monoisotopic (exact) mass is 268 g/mol. The Morgan fingerprint density at radius 3 is 2.78 bits per heavy atom. The maximum Gasteiger partial charge on any atom is 0.303 e. The summed E-state index contributed by atoms with van der Waals surface area (Å²) in [5, 5.41) is 11.9. The maximum atomic E-state index is 11.6. The average Bonchev–Trinajstić information content (AvgIpc) is 2.84. The van der Waals surface area contributed by atoms with E-state index in [1.807, 2.05) is 0 Å². The van der Waals surface area contributed by atoms with Crippen LogP contribution >= 0.6 is 11.3 Å². The van der Waals surface area contributed by atoms with Gasteiger partial charge in [0.25, 0.3) is 0 Å². The molecule has 0 radical (unpaired) electrons. The molecule has 0 aromatic carbocycles. The topological polar surface area (TPSA) is 79.3 Å². The largest absolute Gasteiger partial charge is 0.481 e. The summed E-state index contributed by atoms with van der Waals surface area (Å²) in [6, 6.07) is 0. The summed E-state index contributed by atoms with van der Waals surface area (Å²) in [6.07, 6.45) is 4.87. The van der Waals surface area contributed by atoms with Gasteiger partial charge in [0, 0.05) is 17.7 Å². The molecule has 6 heteroatoms. The van der Waals surface area contributed by atoms with E-state index >= 15 is 0 Å². The summed E-state index contributed by atoms with van der Waals surface area (Å²) in [5.74, 6) is -0.889. The smallest absolute Gasteiger partial charge is 0.303 e. The van der Waals surface area contributed by atoms with Crippen LogP contribution in [0, 0.1) is 0 Å². The molecule has 1 amide bonds. The third-order valence-corrected chi connectivity index (χ3v) is 3.96. The fraction of sp³-hybridized carbons (Fsp3) is 0.583. The second kappa shape index (κ2) is 5.95. The quantitative estimate of drug-likeness (QED) is 0.775. The highest BCUT2D eigenvalue weighted by Gasteiger charge is 2.17. The number of hydrogen-bond acceptors (Lipinski definition) is 4. The van der Waals surface area contributed by atoms with E-state index in [1.165, 1.54) is 4.88 Å². The third kappa shape index (κ3) is 3.53. The number of carbonyl (C=O) groups is 2. The molecule has 1 aromatic heterocycles. The van der Waals surface area contributed by atoms with Crippen LogP contribution in [0.2, 0.25) is 0 Å². The molecule has 0 spiro atoms. The first-order valence-corrected chi connectivity index (χ1v) is 6.97. The van der Waals surface area contributed by atoms with Crippen molar-refractivity contribution in [2.24, 2.45) is 0 Å². The molecule has 2 N–H and O–H groups in total. The number of aliphatic carboxylic acids is 1. The van der Waals surface area contributed by atoms with Crippen LogP contribution in [0.4, 0.5) is 5.13 Å². The predicted molar refractivity (Wildman–Crippen MR) is 68.9 cm³/mol. The predicted octanol–water partition coefficient (Wildman–Crippen LogP) is 2.22. The fourth-order valence-corrected chi connectivity index (χ4v) is 3.05. The van der Waals surface area contributed by atoms with Gasteiger partial charge in [-0.1, -0.05) is 0 Å². The molecule has 98 valence electrons. The van der Waals surface area contributed by atoms with Crippen LogP contribution in [0.1, 0.15) is 42.7 Å². The highest BCUT2D eigenvalue weighted by Crippen LogP contribution is 2.30. The number of carboxylic acid groups (broad SMARTS) is 1. The van der Waals surface area contributed by atoms with Crippen molar-refractivity contribution in [2.75, 3.05) is 5.32 Å². The van der Waals surface area contributed by atoms with Gasteiger partial charge in [-0.2, -0.15) is 0 Å². The Morgan fingerprint density at radius 1 is 1.28 bits per heavy atom. The van der Waals surface area contributed by atoms with E-state index in [9.17, 15) is 9.59 Å². The zero-order valence-corrected chi connectivity index (χ0v) is 10.9. The molecular formula is C12H16N2O3S. The van der Waals surface area contributed by atoms with Crippen LogP contribution < -0.4 is 5.32 Å². The van der Waals surface area contributed by atoms with Crippen molar-refractivity contribution in [1.82, 2.24) is 4.98 Å². The maximum absolute atomic E-state index is 11.6. The van der Waals surface area contributed by atoms with Crippen molar-refractivity contribution in [2.45, 2.75) is 44.9 Å². The van der Waals surface area contributed by atoms with Crippen LogP contribution in [0.5, 0.6) is 0 Å². The number of aromatic nitrogens is 1. The second-order valence-corrected chi connectivity index (χ2v) is 5.48. The number of anilines is 1. The highest BCUT2D eigenvalue weighted by molar-refractivity contribution is 7.15. The van der Waals surface area contributed by atoms with Crippen molar-refractivity contribution >= 4 is 28.3 Å². The number of aryl methyl sites for hydroxylation is 2. The molecule has 0 aliphatic heterocycles. The minimum absolute atomic E-state index is 0.0761. The number of nitrogens with zero attached hydrogens (tertiary/aromatic N) is 1. The number of amides is 1. The number of fused-ring (bicyclic) bond motifs is 1. The number of carboxylic acids is 1. The first-order chi connectivity index (χ1) is 8.65. The van der Waals surface area contributed by atoms with E-state index in [0.29, 0.717) is 24.4 Å². The first-order valence-electron chi connectivity index (χ1n) is 6.15. The van der Waals surface area contributed by atoms with Crippen LogP contribution in [0.25, 0.3) is 0 Å². The molecule has 1 aliphatic carbocycles. The van der Waals surface area contributed by atoms with E-state index in [0.717, 1.165) is 25.0 Å². The molecule has 0 fully saturated rings. The SMILES string of the molecule is O=C(O)CCCCC(=O)Nc1nc2c(s1)CCC2. The number of unbranched alkanes of at least 4 members (excludes halogenated alkanes) is 1. The van der Waals surface area contributed by atoms with Crippen LogP contribution in [0.15, 0.2) is 0 Å². The van der Waals surface area contributed by atoms with Gasteiger partial charge in [0.2, 0.25) is 5.91 Å². The lowest BCUT2D eigenvalue weighted by molar-refractivity contribution is -0.137. The number of nitrogens with one attached hydrogen (secondary N) is 1. The summed E-state index contributed by atoms with van der Waals surface area (Å²) in [4.78, 5) is 27.6. The summed E-state index contributed by atoms with van der Waals surface area (Å²) < 4.78 is 0. The Labute approximate surface area is 109 Å². The zero-order valence-electron chi connectivity index (χ0n) is 10.1. The Bertz CT molecular complexity index is 435. The van der Waals surface area contributed by atoms with Gasteiger partial charge in [-0.3, -0.25) is 9.59 Å². The Hall–Kier alpha value is -1.43. The van der Waals surface area contributed by atoms with Crippen molar-refractivity contribution in [1.29, 1.82) is 0 Å². The second-order valence-electron chi connectivity index (χ2n) is 4.39. The Kier molecular flexibility index (Phi) is 4.30. The van der Waals surface area contributed by atoms with Crippen molar-refractivity contribution < 1.29 is 14.7 Å². The molecule has 1 aliphatic rings. The van der Waals surface area contributed by atoms with Gasteiger partial charge in [0.15, 0.2) is 5.13 Å². The first kappa shape index (κ1) is 13.0. The number of carbonyl (C=O) groups excluding carboxylic acids is 1. The van der Waals surface area contributed by atoms with E-state index < -0.39 is 5.97 Å². The van der Waals surface area contributed by atoms with Crippen LogP contribution in [-0.4, -0.2) is 22.0 Å². The van der Waals surface area contributed by atoms with Crippen LogP contribution in [0.3, 0.4) is 0 Å². The third-order valence-electron chi connectivity index (χ3n) is 2.89. The number of hydrogen-bond donors (Lipinski definition) is 2. The summed E-state index contributed by atoms with van der Waals surface area (Å²) in [6.45, 7) is 0.